The molecule has 0 saturated carbocycles. The first-order valence-electron chi connectivity index (χ1n) is 9.87. The van der Waals surface area contributed by atoms with Gasteiger partial charge in [0.25, 0.3) is 5.91 Å². The van der Waals surface area contributed by atoms with Crippen molar-refractivity contribution in [2.24, 2.45) is 0 Å². The van der Waals surface area contributed by atoms with Crippen LogP contribution in [-0.2, 0) is 0 Å². The Morgan fingerprint density at radius 3 is 2.86 bits per heavy atom. The molecule has 2 aromatic heterocycles. The van der Waals surface area contributed by atoms with E-state index in [4.69, 9.17) is 0 Å². The van der Waals surface area contributed by atoms with E-state index in [-0.39, 0.29) is 5.91 Å². The Hall–Kier alpha value is -3.02. The highest BCUT2D eigenvalue weighted by molar-refractivity contribution is 6.05. The minimum Gasteiger partial charge on any atom is -0.381 e. The van der Waals surface area contributed by atoms with Crippen molar-refractivity contribution in [2.75, 3.05) is 37.4 Å². The first kappa shape index (κ1) is 18.3. The van der Waals surface area contributed by atoms with Crippen LogP contribution in [0.3, 0.4) is 0 Å². The third-order valence-corrected chi connectivity index (χ3v) is 5.41. The van der Waals surface area contributed by atoms with Crippen LogP contribution in [0.1, 0.15) is 29.6 Å². The molecule has 1 aromatic carbocycles. The molecule has 0 spiro atoms. The summed E-state index contributed by atoms with van der Waals surface area (Å²) in [5.74, 6) is 1.06. The van der Waals surface area contributed by atoms with Gasteiger partial charge in [0, 0.05) is 44.8 Å². The minimum absolute atomic E-state index is 0.116. The molecule has 146 valence electrons. The highest BCUT2D eigenvalue weighted by atomic mass is 16.2. The van der Waals surface area contributed by atoms with Crippen LogP contribution in [0.5, 0.6) is 0 Å². The van der Waals surface area contributed by atoms with E-state index in [9.17, 15) is 4.79 Å². The summed E-state index contributed by atoms with van der Waals surface area (Å²) < 4.78 is 0. The van der Waals surface area contributed by atoms with Gasteiger partial charge in [0.2, 0.25) is 0 Å². The highest BCUT2D eigenvalue weighted by Gasteiger charge is 2.23. The van der Waals surface area contributed by atoms with E-state index in [1.54, 1.807) is 0 Å². The molecule has 0 unspecified atom stereocenters. The summed E-state index contributed by atoms with van der Waals surface area (Å²) in [6.45, 7) is 1.56. The molecule has 1 saturated heterocycles. The second-order valence-corrected chi connectivity index (χ2v) is 7.61. The molecule has 0 radical (unpaired) electrons. The fraction of sp³-hybridized carbons (Fsp3) is 0.364. The molecule has 28 heavy (non-hydrogen) atoms. The van der Waals surface area contributed by atoms with Crippen molar-refractivity contribution < 1.29 is 4.79 Å². The molecule has 0 bridgehead atoms. The number of carbonyl (C=O) groups is 1. The van der Waals surface area contributed by atoms with E-state index < -0.39 is 0 Å². The molecular formula is C22H27N5O. The molecule has 1 atom stereocenters. The summed E-state index contributed by atoms with van der Waals surface area (Å²) in [5.41, 5.74) is 2.72. The Morgan fingerprint density at radius 2 is 2.07 bits per heavy atom. The molecule has 2 N–H and O–H groups in total. The Labute approximate surface area is 165 Å². The van der Waals surface area contributed by atoms with Crippen LogP contribution in [0, 0.1) is 0 Å². The lowest BCUT2D eigenvalue weighted by atomic mass is 10.1. The van der Waals surface area contributed by atoms with Crippen LogP contribution < -0.4 is 10.2 Å². The maximum atomic E-state index is 13.1. The number of aromatic amines is 1. The van der Waals surface area contributed by atoms with Crippen LogP contribution in [0.15, 0.2) is 48.8 Å². The van der Waals surface area contributed by atoms with Gasteiger partial charge in [-0.2, -0.15) is 0 Å². The number of hydrogen-bond acceptors (Lipinski definition) is 4. The Balaban J connectivity index is 1.41. The number of anilines is 2. The predicted molar refractivity (Wildman–Crippen MR) is 114 cm³/mol. The number of hydrogen-bond donors (Lipinski definition) is 2. The number of pyridine rings is 1. The van der Waals surface area contributed by atoms with E-state index in [2.05, 4.69) is 21.4 Å². The summed E-state index contributed by atoms with van der Waals surface area (Å²) in [7, 11) is 3.97. The Morgan fingerprint density at radius 1 is 1.18 bits per heavy atom. The number of carbonyl (C=O) groups excluding carboxylic acids is 1. The monoisotopic (exact) mass is 377 g/mol. The summed E-state index contributed by atoms with van der Waals surface area (Å²) in [6, 6.07) is 12.3. The molecule has 0 aliphatic carbocycles. The lowest BCUT2D eigenvalue weighted by molar-refractivity contribution is 0.0763. The zero-order chi connectivity index (χ0) is 19.5. The van der Waals surface area contributed by atoms with Crippen molar-refractivity contribution >= 4 is 28.3 Å². The fourth-order valence-corrected chi connectivity index (χ4v) is 3.85. The number of aromatic nitrogens is 2. The maximum Gasteiger partial charge on any atom is 0.255 e. The summed E-state index contributed by atoms with van der Waals surface area (Å²) >= 11 is 0. The van der Waals surface area contributed by atoms with Crippen molar-refractivity contribution in [1.29, 1.82) is 0 Å². The molecule has 1 aliphatic rings. The van der Waals surface area contributed by atoms with Crippen LogP contribution in [0.25, 0.3) is 10.9 Å². The Bertz CT molecular complexity index is 947. The summed E-state index contributed by atoms with van der Waals surface area (Å²) in [4.78, 5) is 24.8. The van der Waals surface area contributed by atoms with Crippen molar-refractivity contribution in [1.82, 2.24) is 14.9 Å². The first-order valence-corrected chi connectivity index (χ1v) is 9.87. The topological polar surface area (TPSA) is 64.3 Å². The van der Waals surface area contributed by atoms with Crippen molar-refractivity contribution in [3.05, 3.63) is 54.4 Å². The smallest absolute Gasteiger partial charge is 0.255 e. The third kappa shape index (κ3) is 3.81. The van der Waals surface area contributed by atoms with Gasteiger partial charge in [0.05, 0.1) is 23.0 Å². The molecule has 1 amide bonds. The summed E-state index contributed by atoms with van der Waals surface area (Å²) in [5, 5.41) is 4.66. The van der Waals surface area contributed by atoms with Crippen LogP contribution in [-0.4, -0.2) is 54.0 Å². The number of amides is 1. The van der Waals surface area contributed by atoms with Crippen LogP contribution >= 0.6 is 0 Å². The largest absolute Gasteiger partial charge is 0.381 e. The number of benzene rings is 1. The number of rotatable bonds is 4. The van der Waals surface area contributed by atoms with E-state index >= 15 is 0 Å². The SMILES string of the molecule is CN(C)c1ccc(N[C@H]2CCCN(C(=O)c3cccc4cc[nH]c34)CC2)cn1. The van der Waals surface area contributed by atoms with Crippen LogP contribution in [0.2, 0.25) is 0 Å². The molecule has 4 rings (SSSR count). The number of H-pyrrole nitrogens is 1. The van der Waals surface area contributed by atoms with Crippen LogP contribution in [0.4, 0.5) is 11.5 Å². The molecule has 6 nitrogen and oxygen atoms in total. The van der Waals surface area contributed by atoms with Gasteiger partial charge in [0.15, 0.2) is 0 Å². The zero-order valence-electron chi connectivity index (χ0n) is 16.5. The molecule has 6 heteroatoms. The van der Waals surface area contributed by atoms with Gasteiger partial charge in [0.1, 0.15) is 5.82 Å². The molecule has 3 heterocycles. The maximum absolute atomic E-state index is 13.1. The summed E-state index contributed by atoms with van der Waals surface area (Å²) in [6.07, 6.45) is 6.75. The van der Waals surface area contributed by atoms with E-state index in [0.29, 0.717) is 6.04 Å². The van der Waals surface area contributed by atoms with E-state index in [0.717, 1.165) is 60.3 Å². The van der Waals surface area contributed by atoms with Crippen molar-refractivity contribution in [3.8, 4) is 0 Å². The average molecular weight is 377 g/mol. The highest BCUT2D eigenvalue weighted by Crippen LogP contribution is 2.22. The second-order valence-electron chi connectivity index (χ2n) is 7.61. The zero-order valence-corrected chi connectivity index (χ0v) is 16.5. The van der Waals surface area contributed by atoms with Crippen molar-refractivity contribution in [3.63, 3.8) is 0 Å². The number of nitrogens with zero attached hydrogens (tertiary/aromatic N) is 3. The lowest BCUT2D eigenvalue weighted by Crippen LogP contribution is -2.32. The first-order chi connectivity index (χ1) is 13.6. The number of nitrogens with one attached hydrogen (secondary N) is 2. The molecule has 1 aliphatic heterocycles. The Kier molecular flexibility index (Phi) is 5.19. The normalized spacial score (nSPS) is 17.4. The third-order valence-electron chi connectivity index (χ3n) is 5.41. The fourth-order valence-electron chi connectivity index (χ4n) is 3.85. The molecule has 3 aromatic rings. The lowest BCUT2D eigenvalue weighted by Gasteiger charge is -2.22. The molecular weight excluding hydrogens is 350 g/mol. The van der Waals surface area contributed by atoms with E-state index in [1.807, 2.05) is 66.6 Å². The second kappa shape index (κ2) is 7.92. The minimum atomic E-state index is 0.116. The van der Waals surface area contributed by atoms with Gasteiger partial charge >= 0.3 is 0 Å². The van der Waals surface area contributed by atoms with Crippen molar-refractivity contribution in [2.45, 2.75) is 25.3 Å². The predicted octanol–water partition coefficient (Wildman–Crippen LogP) is 3.74. The van der Waals surface area contributed by atoms with Gasteiger partial charge in [-0.3, -0.25) is 4.79 Å². The van der Waals surface area contributed by atoms with Gasteiger partial charge < -0.3 is 20.1 Å². The molecule has 1 fully saturated rings. The van der Waals surface area contributed by atoms with Gasteiger partial charge in [-0.25, -0.2) is 4.98 Å². The standard InChI is InChI=1S/C22H27N5O/c1-26(2)20-9-8-18(15-24-20)25-17-6-4-13-27(14-11-17)22(28)19-7-3-5-16-10-12-23-21(16)19/h3,5,7-10,12,15,17,23,25H,4,6,11,13-14H2,1-2H3/t17-/m0/s1. The van der Waals surface area contributed by atoms with E-state index in [1.165, 1.54) is 0 Å². The van der Waals surface area contributed by atoms with Gasteiger partial charge in [-0.15, -0.1) is 0 Å². The quantitative estimate of drug-likeness (QED) is 0.727. The number of fused-ring (bicyclic) bond motifs is 1. The average Bonchev–Trinajstić information content (AvgIpc) is 3.07. The van der Waals surface area contributed by atoms with Gasteiger partial charge in [-0.1, -0.05) is 12.1 Å². The van der Waals surface area contributed by atoms with Gasteiger partial charge in [-0.05, 0) is 43.5 Å². The number of likely N-dealkylation sites (tertiary alicyclic amines) is 1. The number of para-hydroxylation sites is 1.